The Kier molecular flexibility index (Phi) is 37.5. The van der Waals surface area contributed by atoms with E-state index in [1.165, 1.54) is 44.9 Å². The van der Waals surface area contributed by atoms with Gasteiger partial charge in [0.05, 0.1) is 27.7 Å². The summed E-state index contributed by atoms with van der Waals surface area (Å²) < 4.78 is 33.8. The van der Waals surface area contributed by atoms with Crippen LogP contribution < -0.4 is 4.89 Å². The fourth-order valence-corrected chi connectivity index (χ4v) is 6.29. The minimum Gasteiger partial charge on any atom is -0.756 e. The summed E-state index contributed by atoms with van der Waals surface area (Å²) in [6.45, 7) is 2.13. The Morgan fingerprint density at radius 3 is 1.60 bits per heavy atom. The van der Waals surface area contributed by atoms with E-state index in [1.807, 2.05) is 27.2 Å². The number of carbonyl (C=O) groups is 2. The lowest BCUT2D eigenvalue weighted by atomic mass is 10.1. The summed E-state index contributed by atoms with van der Waals surface area (Å²) in [4.78, 5) is 37.5. The summed E-state index contributed by atoms with van der Waals surface area (Å²) in [5.74, 6) is -0.928. The molecular weight excluding hydrogens is 741 g/mol. The lowest BCUT2D eigenvalue weighted by molar-refractivity contribution is -0.870. The van der Waals surface area contributed by atoms with Crippen molar-refractivity contribution in [3.05, 3.63) is 60.8 Å². The minimum atomic E-state index is -4.65. The van der Waals surface area contributed by atoms with Gasteiger partial charge < -0.3 is 33.0 Å². The molecule has 0 bridgehead atoms. The Morgan fingerprint density at radius 2 is 1.05 bits per heavy atom. The second kappa shape index (κ2) is 39.1. The van der Waals surface area contributed by atoms with E-state index in [9.17, 15) is 19.0 Å². The van der Waals surface area contributed by atoms with Crippen LogP contribution in [0.5, 0.6) is 0 Å². The van der Waals surface area contributed by atoms with Crippen LogP contribution in [0.25, 0.3) is 0 Å². The molecule has 57 heavy (non-hydrogen) atoms. The van der Waals surface area contributed by atoms with Crippen molar-refractivity contribution < 1.29 is 47.2 Å². The topological polar surface area (TPSA) is 131 Å². The van der Waals surface area contributed by atoms with E-state index in [0.717, 1.165) is 77.0 Å². The maximum absolute atomic E-state index is 12.6. The fraction of sp³-hybridized carbons (Fsp3) is 0.739. The van der Waals surface area contributed by atoms with Gasteiger partial charge in [0.1, 0.15) is 19.8 Å². The smallest absolute Gasteiger partial charge is 0.306 e. The van der Waals surface area contributed by atoms with Crippen molar-refractivity contribution in [3.63, 3.8) is 0 Å². The first kappa shape index (κ1) is 54.7. The van der Waals surface area contributed by atoms with Gasteiger partial charge in [0.25, 0.3) is 7.82 Å². The van der Waals surface area contributed by atoms with Crippen LogP contribution in [0.4, 0.5) is 0 Å². The van der Waals surface area contributed by atoms with Crippen molar-refractivity contribution in [2.24, 2.45) is 0 Å². The third kappa shape index (κ3) is 43.1. The van der Waals surface area contributed by atoms with Crippen LogP contribution in [0.15, 0.2) is 60.8 Å². The molecule has 0 aliphatic heterocycles. The molecule has 2 atom stereocenters. The standard InChI is InChI=1S/C46H82NO9P/c1-5-6-7-8-9-10-11-12-16-19-22-25-28-31-34-37-45(49)53-42-44(43-55-57(51,52)54-41-39-47(2,3)4)56-46(50)38-35-32-29-26-23-20-17-14-13-15-18-21-24-27-30-33-36-40-48/h12-13,15-17,20-21,24,26,29,44,48H,5-11,14,18-19,22-23,25,27-28,30-43H2,1-4H3/b15-13-,16-12-,20-17-,24-21-,29-26-/t44-/m1/s1. The normalized spacial score (nSPS) is 14.1. The zero-order chi connectivity index (χ0) is 42.1. The number of rotatable bonds is 40. The van der Waals surface area contributed by atoms with Crippen molar-refractivity contribution >= 4 is 19.8 Å². The molecule has 1 N–H and O–H groups in total. The zero-order valence-corrected chi connectivity index (χ0v) is 37.4. The van der Waals surface area contributed by atoms with E-state index in [-0.39, 0.29) is 32.7 Å². The number of ether oxygens (including phenoxy) is 2. The number of nitrogens with zero attached hydrogens (tertiary/aromatic N) is 1. The summed E-state index contributed by atoms with van der Waals surface area (Å²) in [7, 11) is 1.10. The third-order valence-corrected chi connectivity index (χ3v) is 10.0. The van der Waals surface area contributed by atoms with Crippen LogP contribution in [0.3, 0.4) is 0 Å². The first-order chi connectivity index (χ1) is 27.5. The third-order valence-electron chi connectivity index (χ3n) is 9.06. The number of aliphatic hydroxyl groups excluding tert-OH is 1. The number of aliphatic hydroxyl groups is 1. The number of phosphoric ester groups is 1. The van der Waals surface area contributed by atoms with E-state index in [0.29, 0.717) is 30.3 Å². The van der Waals surface area contributed by atoms with E-state index in [4.69, 9.17) is 23.6 Å². The van der Waals surface area contributed by atoms with Crippen LogP contribution in [-0.2, 0) is 32.7 Å². The number of unbranched alkanes of at least 4 members (excludes halogenated alkanes) is 15. The number of hydrogen-bond acceptors (Lipinski definition) is 9. The number of likely N-dealkylation sites (N-methyl/N-ethyl adjacent to an activating group) is 1. The Hall–Kier alpha value is -2.33. The lowest BCUT2D eigenvalue weighted by Crippen LogP contribution is -2.37. The minimum absolute atomic E-state index is 0.0495. The molecule has 1 unspecified atom stereocenters. The van der Waals surface area contributed by atoms with E-state index >= 15 is 0 Å². The van der Waals surface area contributed by atoms with E-state index in [2.05, 4.69) is 61.6 Å². The maximum atomic E-state index is 12.6. The van der Waals surface area contributed by atoms with Crippen molar-refractivity contribution in [1.82, 2.24) is 0 Å². The van der Waals surface area contributed by atoms with Crippen LogP contribution in [0, 0.1) is 0 Å². The fourth-order valence-electron chi connectivity index (χ4n) is 5.56. The van der Waals surface area contributed by atoms with Gasteiger partial charge in [-0.3, -0.25) is 14.2 Å². The number of hydrogen-bond donors (Lipinski definition) is 1. The second-order valence-electron chi connectivity index (χ2n) is 15.8. The Bertz CT molecular complexity index is 1160. The van der Waals surface area contributed by atoms with Crippen molar-refractivity contribution in [2.45, 2.75) is 167 Å². The second-order valence-corrected chi connectivity index (χ2v) is 17.2. The molecule has 0 aromatic heterocycles. The molecule has 0 rings (SSSR count). The van der Waals surface area contributed by atoms with Gasteiger partial charge in [-0.2, -0.15) is 0 Å². The Balaban J connectivity index is 4.48. The molecule has 0 aromatic carbocycles. The Morgan fingerprint density at radius 1 is 0.596 bits per heavy atom. The van der Waals surface area contributed by atoms with Gasteiger partial charge in [-0.25, -0.2) is 0 Å². The zero-order valence-electron chi connectivity index (χ0n) is 36.5. The highest BCUT2D eigenvalue weighted by Crippen LogP contribution is 2.38. The van der Waals surface area contributed by atoms with E-state index in [1.54, 1.807) is 0 Å². The molecule has 330 valence electrons. The molecule has 0 amide bonds. The maximum Gasteiger partial charge on any atom is 0.306 e. The quantitative estimate of drug-likeness (QED) is 0.0211. The SMILES string of the molecule is CCCCCCCC/C=C\CCCCCCCC(=O)OC[C@H](COP(=O)([O-])OCC[N+](C)(C)C)OC(=O)CCC/C=C\C/C=C\C/C=C\C/C=C\CCCCCO. The summed E-state index contributed by atoms with van der Waals surface area (Å²) in [6.07, 6.45) is 44.1. The van der Waals surface area contributed by atoms with Gasteiger partial charge in [-0.1, -0.05) is 125 Å². The van der Waals surface area contributed by atoms with E-state index < -0.39 is 32.5 Å². The van der Waals surface area contributed by atoms with Gasteiger partial charge in [0.2, 0.25) is 0 Å². The van der Waals surface area contributed by atoms with Gasteiger partial charge >= 0.3 is 11.9 Å². The largest absolute Gasteiger partial charge is 0.756 e. The van der Waals surface area contributed by atoms with Gasteiger partial charge in [-0.15, -0.1) is 0 Å². The number of esters is 2. The van der Waals surface area contributed by atoms with Crippen molar-refractivity contribution in [3.8, 4) is 0 Å². The first-order valence-electron chi connectivity index (χ1n) is 22.1. The number of quaternary nitrogens is 1. The van der Waals surface area contributed by atoms with Crippen LogP contribution in [0.1, 0.15) is 161 Å². The average molecular weight is 824 g/mol. The van der Waals surface area contributed by atoms with Gasteiger partial charge in [0, 0.05) is 19.4 Å². The molecule has 10 nitrogen and oxygen atoms in total. The molecule has 0 aliphatic rings. The molecule has 0 heterocycles. The number of carbonyl (C=O) groups excluding carboxylic acids is 2. The summed E-state index contributed by atoms with van der Waals surface area (Å²) >= 11 is 0. The molecule has 0 radical (unpaired) electrons. The molecule has 0 saturated carbocycles. The molecular formula is C46H82NO9P. The van der Waals surface area contributed by atoms with Crippen molar-refractivity contribution in [2.75, 3.05) is 54.1 Å². The summed E-state index contributed by atoms with van der Waals surface area (Å²) in [5, 5.41) is 8.80. The number of phosphoric acid groups is 1. The highest BCUT2D eigenvalue weighted by molar-refractivity contribution is 7.45. The predicted octanol–water partition coefficient (Wildman–Crippen LogP) is 10.8. The van der Waals surface area contributed by atoms with Crippen LogP contribution in [-0.4, -0.2) is 81.7 Å². The summed E-state index contributed by atoms with van der Waals surface area (Å²) in [5.41, 5.74) is 0. The van der Waals surface area contributed by atoms with Crippen molar-refractivity contribution in [1.29, 1.82) is 0 Å². The molecule has 0 spiro atoms. The number of allylic oxidation sites excluding steroid dienone is 10. The van der Waals surface area contributed by atoms with Gasteiger partial charge in [0.15, 0.2) is 6.10 Å². The summed E-state index contributed by atoms with van der Waals surface area (Å²) in [6, 6.07) is 0. The first-order valence-corrected chi connectivity index (χ1v) is 23.6. The lowest BCUT2D eigenvalue weighted by Gasteiger charge is -2.28. The molecule has 0 aromatic rings. The van der Waals surface area contributed by atoms with Gasteiger partial charge in [-0.05, 0) is 83.5 Å². The molecule has 0 fully saturated rings. The molecule has 0 saturated heterocycles. The molecule has 11 heteroatoms. The van der Waals surface area contributed by atoms with Crippen LogP contribution >= 0.6 is 7.82 Å². The monoisotopic (exact) mass is 824 g/mol. The average Bonchev–Trinajstić information content (AvgIpc) is 3.16. The Labute approximate surface area is 348 Å². The highest BCUT2D eigenvalue weighted by atomic mass is 31.2. The predicted molar refractivity (Wildman–Crippen MR) is 233 cm³/mol. The highest BCUT2D eigenvalue weighted by Gasteiger charge is 2.21. The molecule has 0 aliphatic carbocycles. The van der Waals surface area contributed by atoms with Crippen LogP contribution in [0.2, 0.25) is 0 Å².